The van der Waals surface area contributed by atoms with Gasteiger partial charge < -0.3 is 9.47 Å². The van der Waals surface area contributed by atoms with Crippen molar-refractivity contribution in [2.24, 2.45) is 5.11 Å². The van der Waals surface area contributed by atoms with Crippen LogP contribution in [0.3, 0.4) is 0 Å². The number of hydrogen-bond donors (Lipinski definition) is 0. The Bertz CT molecular complexity index is 255. The van der Waals surface area contributed by atoms with E-state index in [0.29, 0.717) is 13.2 Å². The zero-order valence-corrected chi connectivity index (χ0v) is 10.1. The fourth-order valence-corrected chi connectivity index (χ4v) is 0.958. The van der Waals surface area contributed by atoms with Crippen molar-refractivity contribution < 1.29 is 14.3 Å². The average molecular weight is 229 g/mol. The maximum Gasteiger partial charge on any atom is 0.332 e. The molecule has 16 heavy (non-hydrogen) atoms. The van der Waals surface area contributed by atoms with Crippen LogP contribution in [0.25, 0.3) is 10.4 Å². The van der Waals surface area contributed by atoms with Gasteiger partial charge in [0.2, 0.25) is 0 Å². The van der Waals surface area contributed by atoms with E-state index >= 15 is 0 Å². The minimum Gasteiger partial charge on any atom is -0.458 e. The summed E-state index contributed by atoms with van der Waals surface area (Å²) in [6, 6.07) is 0. The maximum absolute atomic E-state index is 11.2. The highest BCUT2D eigenvalue weighted by atomic mass is 16.6. The molecule has 0 aliphatic rings. The highest BCUT2D eigenvalue weighted by molar-refractivity contribution is 5.71. The van der Waals surface area contributed by atoms with E-state index in [1.807, 2.05) is 20.8 Å². The largest absolute Gasteiger partial charge is 0.458 e. The van der Waals surface area contributed by atoms with Crippen molar-refractivity contribution in [3.05, 3.63) is 10.4 Å². The van der Waals surface area contributed by atoms with Crippen molar-refractivity contribution in [1.82, 2.24) is 0 Å². The van der Waals surface area contributed by atoms with Crippen LogP contribution >= 0.6 is 0 Å². The van der Waals surface area contributed by atoms with Gasteiger partial charge in [-0.3, -0.25) is 0 Å². The lowest BCUT2D eigenvalue weighted by atomic mass is 10.2. The molecule has 0 aliphatic heterocycles. The Morgan fingerprint density at radius 3 is 2.62 bits per heavy atom. The van der Waals surface area contributed by atoms with E-state index in [2.05, 4.69) is 10.0 Å². The van der Waals surface area contributed by atoms with Gasteiger partial charge in [0.25, 0.3) is 0 Å². The van der Waals surface area contributed by atoms with Gasteiger partial charge >= 0.3 is 5.97 Å². The summed E-state index contributed by atoms with van der Waals surface area (Å²) in [5.74, 6) is -0.359. The molecule has 0 radical (unpaired) electrons. The average Bonchev–Trinajstić information content (AvgIpc) is 2.13. The first-order valence-electron chi connectivity index (χ1n) is 5.26. The van der Waals surface area contributed by atoms with E-state index in [1.165, 1.54) is 0 Å². The minimum absolute atomic E-state index is 0.0290. The first-order valence-corrected chi connectivity index (χ1v) is 5.26. The summed E-state index contributed by atoms with van der Waals surface area (Å²) < 4.78 is 10.2. The second-order valence-electron chi connectivity index (χ2n) is 4.30. The summed E-state index contributed by atoms with van der Waals surface area (Å²) in [5, 5.41) is 3.39. The molecule has 0 rings (SSSR count). The van der Waals surface area contributed by atoms with Crippen molar-refractivity contribution in [3.8, 4) is 0 Å². The van der Waals surface area contributed by atoms with Crippen LogP contribution in [-0.4, -0.2) is 31.3 Å². The molecule has 0 spiro atoms. The Balaban J connectivity index is 3.38. The molecule has 0 saturated carbocycles. The Hall–Kier alpha value is -1.26. The standard InChI is InChI=1S/C10H19N3O3/c1-10(2,3)16-9(14)8-15-7-5-4-6-12-13-11/h4-8H2,1-3H3. The number of carbonyl (C=O) groups excluding carboxylic acids is 1. The van der Waals surface area contributed by atoms with Gasteiger partial charge in [0.1, 0.15) is 12.2 Å². The molecule has 6 nitrogen and oxygen atoms in total. The van der Waals surface area contributed by atoms with E-state index < -0.39 is 5.60 Å². The molecule has 92 valence electrons. The third kappa shape index (κ3) is 10.8. The quantitative estimate of drug-likeness (QED) is 0.221. The first kappa shape index (κ1) is 14.7. The normalized spacial score (nSPS) is 10.7. The fourth-order valence-electron chi connectivity index (χ4n) is 0.958. The van der Waals surface area contributed by atoms with Gasteiger partial charge in [-0.2, -0.15) is 0 Å². The summed E-state index contributed by atoms with van der Waals surface area (Å²) >= 11 is 0. The van der Waals surface area contributed by atoms with Gasteiger partial charge in [0.15, 0.2) is 0 Å². The summed E-state index contributed by atoms with van der Waals surface area (Å²) in [6.07, 6.45) is 1.53. The van der Waals surface area contributed by atoms with Gasteiger partial charge in [-0.1, -0.05) is 5.11 Å². The summed E-state index contributed by atoms with van der Waals surface area (Å²) in [7, 11) is 0. The number of nitrogens with zero attached hydrogens (tertiary/aromatic N) is 3. The van der Waals surface area contributed by atoms with E-state index in [4.69, 9.17) is 15.0 Å². The molecule has 0 atom stereocenters. The van der Waals surface area contributed by atoms with Crippen molar-refractivity contribution >= 4 is 5.97 Å². The third-order valence-electron chi connectivity index (χ3n) is 1.50. The van der Waals surface area contributed by atoms with Gasteiger partial charge in [0.05, 0.1) is 0 Å². The number of ether oxygens (including phenoxy) is 2. The summed E-state index contributed by atoms with van der Waals surface area (Å²) in [6.45, 7) is 6.34. The Morgan fingerprint density at radius 2 is 2.06 bits per heavy atom. The number of esters is 1. The first-order chi connectivity index (χ1) is 7.45. The van der Waals surface area contributed by atoms with Crippen molar-refractivity contribution in [3.63, 3.8) is 0 Å². The van der Waals surface area contributed by atoms with E-state index in [1.54, 1.807) is 0 Å². The molecular weight excluding hydrogens is 210 g/mol. The molecular formula is C10H19N3O3. The van der Waals surface area contributed by atoms with Crippen LogP contribution in [0.5, 0.6) is 0 Å². The second kappa shape index (κ2) is 7.96. The smallest absolute Gasteiger partial charge is 0.332 e. The Morgan fingerprint density at radius 1 is 1.38 bits per heavy atom. The molecule has 0 aromatic carbocycles. The number of unbranched alkanes of at least 4 members (excludes halogenated alkanes) is 1. The highest BCUT2D eigenvalue weighted by Gasteiger charge is 2.15. The number of azide groups is 1. The molecule has 0 saturated heterocycles. The lowest BCUT2D eigenvalue weighted by Crippen LogP contribution is -2.26. The molecule has 0 N–H and O–H groups in total. The Labute approximate surface area is 95.5 Å². The molecule has 0 aromatic rings. The summed E-state index contributed by atoms with van der Waals surface area (Å²) in [5.41, 5.74) is 7.55. The zero-order valence-electron chi connectivity index (χ0n) is 10.1. The van der Waals surface area contributed by atoms with Gasteiger partial charge in [-0.05, 0) is 39.1 Å². The predicted octanol–water partition coefficient (Wildman–Crippen LogP) is 2.44. The molecule has 6 heteroatoms. The van der Waals surface area contributed by atoms with Crippen molar-refractivity contribution in [1.29, 1.82) is 0 Å². The SMILES string of the molecule is CC(C)(C)OC(=O)COCCCCN=[N+]=[N-]. The molecule has 0 bridgehead atoms. The van der Waals surface area contributed by atoms with Gasteiger partial charge in [-0.25, -0.2) is 4.79 Å². The highest BCUT2D eigenvalue weighted by Crippen LogP contribution is 2.06. The lowest BCUT2D eigenvalue weighted by Gasteiger charge is -2.19. The topological polar surface area (TPSA) is 84.3 Å². The molecule has 0 unspecified atom stereocenters. The van der Waals surface area contributed by atoms with Crippen LogP contribution < -0.4 is 0 Å². The van der Waals surface area contributed by atoms with Crippen LogP contribution in [0.4, 0.5) is 0 Å². The van der Waals surface area contributed by atoms with E-state index in [-0.39, 0.29) is 12.6 Å². The van der Waals surface area contributed by atoms with E-state index in [0.717, 1.165) is 12.8 Å². The maximum atomic E-state index is 11.2. The van der Waals surface area contributed by atoms with E-state index in [9.17, 15) is 4.79 Å². The molecule has 0 aromatic heterocycles. The predicted molar refractivity (Wildman–Crippen MR) is 59.9 cm³/mol. The summed E-state index contributed by atoms with van der Waals surface area (Å²) in [4.78, 5) is 13.8. The molecule has 0 aliphatic carbocycles. The van der Waals surface area contributed by atoms with Gasteiger partial charge in [0, 0.05) is 18.1 Å². The third-order valence-corrected chi connectivity index (χ3v) is 1.50. The van der Waals surface area contributed by atoms with Crippen LogP contribution in [0.15, 0.2) is 5.11 Å². The van der Waals surface area contributed by atoms with Crippen LogP contribution in [0, 0.1) is 0 Å². The zero-order chi connectivity index (χ0) is 12.4. The lowest BCUT2D eigenvalue weighted by molar-refractivity contribution is -0.160. The van der Waals surface area contributed by atoms with Crippen LogP contribution in [0.1, 0.15) is 33.6 Å². The van der Waals surface area contributed by atoms with Gasteiger partial charge in [-0.15, -0.1) is 0 Å². The number of hydrogen-bond acceptors (Lipinski definition) is 4. The van der Waals surface area contributed by atoms with Crippen LogP contribution in [0.2, 0.25) is 0 Å². The monoisotopic (exact) mass is 229 g/mol. The Kier molecular flexibility index (Phi) is 7.33. The molecule has 0 fully saturated rings. The molecule has 0 heterocycles. The second-order valence-corrected chi connectivity index (χ2v) is 4.30. The van der Waals surface area contributed by atoms with Crippen LogP contribution in [-0.2, 0) is 14.3 Å². The molecule has 0 amide bonds. The number of carbonyl (C=O) groups is 1. The fraction of sp³-hybridized carbons (Fsp3) is 0.900. The number of rotatable bonds is 7. The minimum atomic E-state index is -0.470. The van der Waals surface area contributed by atoms with Crippen molar-refractivity contribution in [2.75, 3.05) is 19.8 Å². The van der Waals surface area contributed by atoms with Crippen molar-refractivity contribution in [2.45, 2.75) is 39.2 Å².